The molecule has 3 aromatic rings. The molecule has 2 aliphatic rings. The van der Waals surface area contributed by atoms with E-state index in [0.717, 1.165) is 54.4 Å². The molecule has 5 rings (SSSR count). The molecule has 158 valence electrons. The summed E-state index contributed by atoms with van der Waals surface area (Å²) < 4.78 is 14.2. The van der Waals surface area contributed by atoms with Gasteiger partial charge in [-0.1, -0.05) is 11.8 Å². The zero-order valence-corrected chi connectivity index (χ0v) is 17.7. The van der Waals surface area contributed by atoms with Crippen LogP contribution in [0.15, 0.2) is 30.6 Å². The molecule has 0 amide bonds. The van der Waals surface area contributed by atoms with Gasteiger partial charge in [-0.25, -0.2) is 15.2 Å². The summed E-state index contributed by atoms with van der Waals surface area (Å²) in [6, 6.07) is 4.60. The number of rotatable bonds is 2. The van der Waals surface area contributed by atoms with E-state index in [-0.39, 0.29) is 11.2 Å². The van der Waals surface area contributed by atoms with Crippen molar-refractivity contribution in [3.05, 3.63) is 47.5 Å². The van der Waals surface area contributed by atoms with E-state index in [0.29, 0.717) is 22.7 Å². The lowest BCUT2D eigenvalue weighted by Crippen LogP contribution is -2.29. The second-order valence-corrected chi connectivity index (χ2v) is 8.72. The van der Waals surface area contributed by atoms with Gasteiger partial charge in [-0.2, -0.15) is 0 Å². The number of fused-ring (bicyclic) bond motifs is 2. The summed E-state index contributed by atoms with van der Waals surface area (Å²) in [5.41, 5.74) is 10.1. The number of nitrogens with zero attached hydrogens (tertiary/aromatic N) is 4. The van der Waals surface area contributed by atoms with Gasteiger partial charge in [0.25, 0.3) is 0 Å². The van der Waals surface area contributed by atoms with E-state index in [1.165, 1.54) is 17.1 Å². The van der Waals surface area contributed by atoms with Crippen LogP contribution in [-0.2, 0) is 6.42 Å². The van der Waals surface area contributed by atoms with Crippen LogP contribution in [0.25, 0.3) is 10.8 Å². The molecule has 7 heteroatoms. The topological polar surface area (TPSA) is 84.3 Å². The average molecular weight is 417 g/mol. The number of nitrogens with two attached hydrogens (primary N) is 2. The second-order valence-electron chi connectivity index (χ2n) is 8.72. The zero-order chi connectivity index (χ0) is 21.8. The highest BCUT2D eigenvalue weighted by molar-refractivity contribution is 6.05. The SMILES string of the molecule is CN(N)c1c(N)nc(N2CCCc3c(C#CC4(C)CC4)cncc32)c2cc(F)ccc12. The summed E-state index contributed by atoms with van der Waals surface area (Å²) in [4.78, 5) is 11.2. The standard InChI is InChI=1S/C24H25FN6/c1-24(9-10-24)8-7-15-13-28-14-20-17(15)4-3-11-31(20)23-19-12-16(25)5-6-18(19)21(30(2)27)22(26)29-23/h5-6,12-14H,3-4,9-11,27H2,1-2H3,(H2,26,29). The van der Waals surface area contributed by atoms with Crippen LogP contribution in [0.4, 0.5) is 27.4 Å². The molecule has 1 saturated carbocycles. The van der Waals surface area contributed by atoms with E-state index >= 15 is 0 Å². The molecule has 1 fully saturated rings. The highest BCUT2D eigenvalue weighted by Crippen LogP contribution is 2.44. The maximum Gasteiger partial charge on any atom is 0.151 e. The van der Waals surface area contributed by atoms with E-state index in [9.17, 15) is 4.39 Å². The maximum absolute atomic E-state index is 14.2. The highest BCUT2D eigenvalue weighted by Gasteiger charge is 2.35. The minimum atomic E-state index is -0.335. The predicted molar refractivity (Wildman–Crippen MR) is 122 cm³/mol. The molecule has 4 N–H and O–H groups in total. The number of hydrazine groups is 1. The van der Waals surface area contributed by atoms with E-state index in [1.807, 2.05) is 12.4 Å². The number of aromatic nitrogens is 2. The Hall–Kier alpha value is -3.37. The molecule has 0 unspecified atom stereocenters. The van der Waals surface area contributed by atoms with Crippen molar-refractivity contribution in [1.82, 2.24) is 9.97 Å². The molecule has 3 heterocycles. The van der Waals surface area contributed by atoms with Gasteiger partial charge in [0, 0.05) is 41.5 Å². The first-order valence-electron chi connectivity index (χ1n) is 10.5. The molecule has 6 nitrogen and oxygen atoms in total. The van der Waals surface area contributed by atoms with E-state index in [1.54, 1.807) is 13.1 Å². The fourth-order valence-corrected chi connectivity index (χ4v) is 4.21. The fourth-order valence-electron chi connectivity index (χ4n) is 4.21. The predicted octanol–water partition coefficient (Wildman–Crippen LogP) is 3.90. The number of hydrogen-bond acceptors (Lipinski definition) is 6. The number of pyridine rings is 2. The van der Waals surface area contributed by atoms with Crippen LogP contribution in [0, 0.1) is 23.1 Å². The summed E-state index contributed by atoms with van der Waals surface area (Å²) >= 11 is 0. The Morgan fingerprint density at radius 2 is 2.03 bits per heavy atom. The minimum absolute atomic E-state index is 0.144. The number of nitrogen functional groups attached to an aromatic ring is 1. The quantitative estimate of drug-likeness (QED) is 0.375. The van der Waals surface area contributed by atoms with Gasteiger partial charge in [0.1, 0.15) is 17.3 Å². The molecule has 1 aromatic carbocycles. The van der Waals surface area contributed by atoms with Crippen LogP contribution in [0.2, 0.25) is 0 Å². The molecule has 0 spiro atoms. The number of anilines is 4. The van der Waals surface area contributed by atoms with Gasteiger partial charge in [-0.05, 0) is 56.4 Å². The summed E-state index contributed by atoms with van der Waals surface area (Å²) in [7, 11) is 1.70. The van der Waals surface area contributed by atoms with Crippen molar-refractivity contribution in [3.63, 3.8) is 0 Å². The molecular formula is C24H25FN6. The Balaban J connectivity index is 1.69. The van der Waals surface area contributed by atoms with Crippen LogP contribution >= 0.6 is 0 Å². The Morgan fingerprint density at radius 1 is 1.23 bits per heavy atom. The lowest BCUT2D eigenvalue weighted by Gasteiger charge is -2.32. The van der Waals surface area contributed by atoms with Crippen molar-refractivity contribution in [3.8, 4) is 11.8 Å². The Bertz CT molecular complexity index is 1250. The van der Waals surface area contributed by atoms with Crippen LogP contribution < -0.4 is 21.5 Å². The van der Waals surface area contributed by atoms with Crippen molar-refractivity contribution in [2.24, 2.45) is 11.3 Å². The van der Waals surface area contributed by atoms with Crippen molar-refractivity contribution < 1.29 is 4.39 Å². The van der Waals surface area contributed by atoms with Crippen LogP contribution in [0.1, 0.15) is 37.3 Å². The van der Waals surface area contributed by atoms with Gasteiger partial charge >= 0.3 is 0 Å². The van der Waals surface area contributed by atoms with E-state index < -0.39 is 0 Å². The molecule has 0 radical (unpaired) electrons. The Kier molecular flexibility index (Phi) is 4.49. The average Bonchev–Trinajstić information content (AvgIpc) is 3.48. The lowest BCUT2D eigenvalue weighted by atomic mass is 9.97. The third-order valence-corrected chi connectivity index (χ3v) is 6.19. The van der Waals surface area contributed by atoms with Crippen LogP contribution in [-0.4, -0.2) is 23.6 Å². The molecule has 0 atom stereocenters. The van der Waals surface area contributed by atoms with Crippen molar-refractivity contribution in [2.45, 2.75) is 32.6 Å². The van der Waals surface area contributed by atoms with Crippen molar-refractivity contribution >= 4 is 33.8 Å². The third-order valence-electron chi connectivity index (χ3n) is 6.19. The minimum Gasteiger partial charge on any atom is -0.382 e. The summed E-state index contributed by atoms with van der Waals surface area (Å²) in [5, 5.41) is 2.84. The first kappa shape index (κ1) is 19.6. The summed E-state index contributed by atoms with van der Waals surface area (Å²) in [5.74, 6) is 13.3. The third kappa shape index (κ3) is 3.43. The Labute approximate surface area is 181 Å². The van der Waals surface area contributed by atoms with Gasteiger partial charge in [-0.3, -0.25) is 4.98 Å². The monoisotopic (exact) mass is 416 g/mol. The van der Waals surface area contributed by atoms with Gasteiger partial charge in [0.05, 0.1) is 11.9 Å². The number of hydrogen-bond donors (Lipinski definition) is 2. The first-order chi connectivity index (χ1) is 14.9. The molecule has 1 aliphatic carbocycles. The lowest BCUT2D eigenvalue weighted by molar-refractivity contribution is 0.629. The number of benzene rings is 1. The largest absolute Gasteiger partial charge is 0.382 e. The molecule has 31 heavy (non-hydrogen) atoms. The van der Waals surface area contributed by atoms with Gasteiger partial charge in [0.15, 0.2) is 5.82 Å². The van der Waals surface area contributed by atoms with E-state index in [4.69, 9.17) is 11.6 Å². The van der Waals surface area contributed by atoms with Gasteiger partial charge in [-0.15, -0.1) is 0 Å². The summed E-state index contributed by atoms with van der Waals surface area (Å²) in [6.07, 6.45) is 7.83. The van der Waals surface area contributed by atoms with Crippen LogP contribution in [0.3, 0.4) is 0 Å². The molecular weight excluding hydrogens is 391 g/mol. The first-order valence-corrected chi connectivity index (χ1v) is 10.5. The molecule has 2 aromatic heterocycles. The second kappa shape index (κ2) is 7.10. The van der Waals surface area contributed by atoms with Crippen LogP contribution in [0.5, 0.6) is 0 Å². The molecule has 0 bridgehead atoms. The van der Waals surface area contributed by atoms with Gasteiger partial charge < -0.3 is 15.6 Å². The van der Waals surface area contributed by atoms with E-state index in [2.05, 4.69) is 33.6 Å². The summed E-state index contributed by atoms with van der Waals surface area (Å²) in [6.45, 7) is 2.93. The van der Waals surface area contributed by atoms with Crippen molar-refractivity contribution in [1.29, 1.82) is 0 Å². The Morgan fingerprint density at radius 3 is 2.77 bits per heavy atom. The fraction of sp³-hybridized carbons (Fsp3) is 0.333. The van der Waals surface area contributed by atoms with Crippen molar-refractivity contribution in [2.75, 3.05) is 29.2 Å². The normalized spacial score (nSPS) is 16.5. The number of halogens is 1. The highest BCUT2D eigenvalue weighted by atomic mass is 19.1. The molecule has 1 aliphatic heterocycles. The maximum atomic E-state index is 14.2. The smallest absolute Gasteiger partial charge is 0.151 e. The molecule has 0 saturated heterocycles. The van der Waals surface area contributed by atoms with Gasteiger partial charge in [0.2, 0.25) is 0 Å². The zero-order valence-electron chi connectivity index (χ0n) is 17.7.